The predicted molar refractivity (Wildman–Crippen MR) is 75.9 cm³/mol. The molecule has 0 amide bonds. The molecule has 0 bridgehead atoms. The Kier molecular flexibility index (Phi) is 3.70. The van der Waals surface area contributed by atoms with E-state index in [2.05, 4.69) is 56.3 Å². The van der Waals surface area contributed by atoms with Crippen LogP contribution < -0.4 is 5.32 Å². The van der Waals surface area contributed by atoms with Gasteiger partial charge in [0.05, 0.1) is 6.04 Å². The van der Waals surface area contributed by atoms with Gasteiger partial charge >= 0.3 is 0 Å². The molecule has 3 nitrogen and oxygen atoms in total. The highest BCUT2D eigenvalue weighted by atomic mass is 15.3. The third kappa shape index (κ3) is 2.73. The molecule has 1 unspecified atom stereocenters. The minimum Gasteiger partial charge on any atom is -0.362 e. The Labute approximate surface area is 109 Å². The van der Waals surface area contributed by atoms with Crippen LogP contribution >= 0.6 is 0 Å². The number of aryl methyl sites for hydroxylation is 3. The van der Waals surface area contributed by atoms with Crippen LogP contribution in [-0.2, 0) is 6.54 Å². The van der Waals surface area contributed by atoms with Crippen molar-refractivity contribution >= 4 is 5.82 Å². The van der Waals surface area contributed by atoms with Crippen LogP contribution in [0.25, 0.3) is 0 Å². The van der Waals surface area contributed by atoms with Gasteiger partial charge in [0.2, 0.25) is 0 Å². The molecule has 1 heterocycles. The summed E-state index contributed by atoms with van der Waals surface area (Å²) in [6.45, 7) is 9.44. The standard InChI is InChI=1S/C15H21N3/c1-5-18-9-8-15(17-18)16-13(4)14-10-11(2)6-7-12(14)3/h6-10,13H,5H2,1-4H3,(H,16,17). The fourth-order valence-electron chi connectivity index (χ4n) is 2.14. The van der Waals surface area contributed by atoms with Crippen molar-refractivity contribution in [1.29, 1.82) is 0 Å². The van der Waals surface area contributed by atoms with E-state index in [9.17, 15) is 0 Å². The highest BCUT2D eigenvalue weighted by Gasteiger charge is 2.09. The number of hydrogen-bond acceptors (Lipinski definition) is 2. The normalized spacial score (nSPS) is 12.4. The van der Waals surface area contributed by atoms with E-state index in [1.54, 1.807) is 0 Å². The largest absolute Gasteiger partial charge is 0.362 e. The van der Waals surface area contributed by atoms with Crippen molar-refractivity contribution in [2.75, 3.05) is 5.32 Å². The van der Waals surface area contributed by atoms with E-state index >= 15 is 0 Å². The third-order valence-electron chi connectivity index (χ3n) is 3.23. The Morgan fingerprint density at radius 3 is 2.72 bits per heavy atom. The second-order valence-corrected chi connectivity index (χ2v) is 4.78. The summed E-state index contributed by atoms with van der Waals surface area (Å²) in [6, 6.07) is 8.85. The Bertz CT molecular complexity index is 528. The maximum Gasteiger partial charge on any atom is 0.148 e. The molecule has 0 radical (unpaired) electrons. The molecule has 0 spiro atoms. The number of nitrogens with one attached hydrogen (secondary N) is 1. The Morgan fingerprint density at radius 1 is 1.28 bits per heavy atom. The molecule has 18 heavy (non-hydrogen) atoms. The first kappa shape index (κ1) is 12.7. The van der Waals surface area contributed by atoms with E-state index in [1.807, 2.05) is 16.9 Å². The molecule has 96 valence electrons. The number of aromatic nitrogens is 2. The van der Waals surface area contributed by atoms with E-state index < -0.39 is 0 Å². The Hall–Kier alpha value is -1.77. The lowest BCUT2D eigenvalue weighted by molar-refractivity contribution is 0.659. The lowest BCUT2D eigenvalue weighted by Crippen LogP contribution is -2.09. The summed E-state index contributed by atoms with van der Waals surface area (Å²) in [5, 5.41) is 7.90. The average Bonchev–Trinajstić information content (AvgIpc) is 2.80. The molecule has 0 fully saturated rings. The minimum absolute atomic E-state index is 0.269. The van der Waals surface area contributed by atoms with Gasteiger partial charge < -0.3 is 5.32 Å². The van der Waals surface area contributed by atoms with Gasteiger partial charge in [-0.15, -0.1) is 0 Å². The van der Waals surface area contributed by atoms with E-state index in [0.717, 1.165) is 12.4 Å². The first-order valence-corrected chi connectivity index (χ1v) is 6.47. The number of nitrogens with zero attached hydrogens (tertiary/aromatic N) is 2. The van der Waals surface area contributed by atoms with E-state index in [4.69, 9.17) is 0 Å². The predicted octanol–water partition coefficient (Wildman–Crippen LogP) is 3.69. The van der Waals surface area contributed by atoms with Gasteiger partial charge in [-0.2, -0.15) is 5.10 Å². The van der Waals surface area contributed by atoms with Gasteiger partial charge in [-0.3, -0.25) is 4.68 Å². The van der Waals surface area contributed by atoms with Crippen molar-refractivity contribution in [3.8, 4) is 0 Å². The summed E-state index contributed by atoms with van der Waals surface area (Å²) in [4.78, 5) is 0. The molecule has 1 N–H and O–H groups in total. The van der Waals surface area contributed by atoms with Crippen LogP contribution in [0.15, 0.2) is 30.5 Å². The summed E-state index contributed by atoms with van der Waals surface area (Å²) in [6.07, 6.45) is 2.00. The quantitative estimate of drug-likeness (QED) is 0.887. The number of rotatable bonds is 4. The minimum atomic E-state index is 0.269. The zero-order valence-corrected chi connectivity index (χ0v) is 11.6. The molecular formula is C15H21N3. The Balaban J connectivity index is 2.16. The third-order valence-corrected chi connectivity index (χ3v) is 3.23. The van der Waals surface area contributed by atoms with Crippen molar-refractivity contribution in [2.45, 2.75) is 40.3 Å². The molecule has 1 aromatic carbocycles. The lowest BCUT2D eigenvalue weighted by Gasteiger charge is -2.16. The highest BCUT2D eigenvalue weighted by Crippen LogP contribution is 2.22. The molecule has 1 aromatic heterocycles. The highest BCUT2D eigenvalue weighted by molar-refractivity contribution is 5.40. The van der Waals surface area contributed by atoms with Crippen molar-refractivity contribution in [3.63, 3.8) is 0 Å². The molecular weight excluding hydrogens is 222 g/mol. The number of anilines is 1. The second-order valence-electron chi connectivity index (χ2n) is 4.78. The van der Waals surface area contributed by atoms with E-state index in [-0.39, 0.29) is 6.04 Å². The monoisotopic (exact) mass is 243 g/mol. The van der Waals surface area contributed by atoms with Crippen LogP contribution in [0.3, 0.4) is 0 Å². The molecule has 0 aliphatic carbocycles. The molecule has 0 aliphatic rings. The van der Waals surface area contributed by atoms with Crippen LogP contribution in [-0.4, -0.2) is 9.78 Å². The zero-order valence-electron chi connectivity index (χ0n) is 11.6. The van der Waals surface area contributed by atoms with Gasteiger partial charge in [-0.05, 0) is 38.8 Å². The van der Waals surface area contributed by atoms with Crippen molar-refractivity contribution in [3.05, 3.63) is 47.2 Å². The summed E-state index contributed by atoms with van der Waals surface area (Å²) in [7, 11) is 0. The first-order valence-electron chi connectivity index (χ1n) is 6.47. The zero-order chi connectivity index (χ0) is 13.1. The van der Waals surface area contributed by atoms with E-state index in [1.165, 1.54) is 16.7 Å². The van der Waals surface area contributed by atoms with Crippen LogP contribution in [0, 0.1) is 13.8 Å². The smallest absolute Gasteiger partial charge is 0.148 e. The van der Waals surface area contributed by atoms with Gasteiger partial charge in [0.1, 0.15) is 5.82 Å². The van der Waals surface area contributed by atoms with Crippen LogP contribution in [0.2, 0.25) is 0 Å². The van der Waals surface area contributed by atoms with Crippen LogP contribution in [0.5, 0.6) is 0 Å². The molecule has 2 rings (SSSR count). The molecule has 0 saturated heterocycles. The van der Waals surface area contributed by atoms with Gasteiger partial charge in [0.25, 0.3) is 0 Å². The van der Waals surface area contributed by atoms with Crippen molar-refractivity contribution in [2.24, 2.45) is 0 Å². The summed E-state index contributed by atoms with van der Waals surface area (Å²) in [5.74, 6) is 0.935. The molecule has 0 saturated carbocycles. The van der Waals surface area contributed by atoms with Gasteiger partial charge in [-0.1, -0.05) is 23.8 Å². The van der Waals surface area contributed by atoms with E-state index in [0.29, 0.717) is 0 Å². The first-order chi connectivity index (χ1) is 8.60. The maximum absolute atomic E-state index is 4.45. The maximum atomic E-state index is 4.45. The number of benzene rings is 1. The fourth-order valence-corrected chi connectivity index (χ4v) is 2.14. The summed E-state index contributed by atoms with van der Waals surface area (Å²) >= 11 is 0. The average molecular weight is 243 g/mol. The molecule has 0 aliphatic heterocycles. The summed E-state index contributed by atoms with van der Waals surface area (Å²) in [5.41, 5.74) is 3.94. The van der Waals surface area contributed by atoms with Gasteiger partial charge in [0.15, 0.2) is 0 Å². The van der Waals surface area contributed by atoms with Gasteiger partial charge in [-0.25, -0.2) is 0 Å². The molecule has 1 atom stereocenters. The molecule has 3 heteroatoms. The second kappa shape index (κ2) is 5.25. The van der Waals surface area contributed by atoms with Crippen molar-refractivity contribution < 1.29 is 0 Å². The van der Waals surface area contributed by atoms with Gasteiger partial charge in [0, 0.05) is 18.8 Å². The summed E-state index contributed by atoms with van der Waals surface area (Å²) < 4.78 is 1.93. The van der Waals surface area contributed by atoms with Crippen LogP contribution in [0.1, 0.15) is 36.6 Å². The fraction of sp³-hybridized carbons (Fsp3) is 0.400. The SMILES string of the molecule is CCn1ccc(NC(C)c2cc(C)ccc2C)n1. The lowest BCUT2D eigenvalue weighted by atomic mass is 10.00. The van der Waals surface area contributed by atoms with Crippen LogP contribution in [0.4, 0.5) is 5.82 Å². The topological polar surface area (TPSA) is 29.9 Å². The Morgan fingerprint density at radius 2 is 2.06 bits per heavy atom. The molecule has 2 aromatic rings. The number of hydrogen-bond donors (Lipinski definition) is 1. The van der Waals surface area contributed by atoms with Crippen molar-refractivity contribution in [1.82, 2.24) is 9.78 Å².